The molecular weight excluding hydrogens is 252 g/mol. The molecule has 0 radical (unpaired) electrons. The van der Waals surface area contributed by atoms with Crippen molar-refractivity contribution in [3.8, 4) is 17.2 Å². The topological polar surface area (TPSA) is 42.9 Å². The first-order valence-corrected chi connectivity index (χ1v) is 6.63. The Hall–Kier alpha value is -2.49. The van der Waals surface area contributed by atoms with Crippen molar-refractivity contribution >= 4 is 5.84 Å². The van der Waals surface area contributed by atoms with E-state index in [0.717, 1.165) is 36.2 Å². The molecular formula is C16H16N2O2. The van der Waals surface area contributed by atoms with Crippen LogP contribution in [0.4, 0.5) is 0 Å². The monoisotopic (exact) mass is 268 g/mol. The van der Waals surface area contributed by atoms with Gasteiger partial charge in [-0.05, 0) is 36.4 Å². The van der Waals surface area contributed by atoms with E-state index in [4.69, 9.17) is 9.47 Å². The highest BCUT2D eigenvalue weighted by Crippen LogP contribution is 2.23. The number of hydrogen-bond acceptors (Lipinski definition) is 4. The summed E-state index contributed by atoms with van der Waals surface area (Å²) in [7, 11) is 0. The fourth-order valence-electron chi connectivity index (χ4n) is 1.92. The van der Waals surface area contributed by atoms with Gasteiger partial charge in [-0.1, -0.05) is 18.2 Å². The van der Waals surface area contributed by atoms with Gasteiger partial charge in [0.1, 0.15) is 29.7 Å². The summed E-state index contributed by atoms with van der Waals surface area (Å²) in [5.41, 5.74) is 0. The zero-order chi connectivity index (χ0) is 13.6. The van der Waals surface area contributed by atoms with E-state index in [1.807, 2.05) is 54.6 Å². The summed E-state index contributed by atoms with van der Waals surface area (Å²) in [6, 6.07) is 17.3. The van der Waals surface area contributed by atoms with Crippen molar-refractivity contribution in [3.63, 3.8) is 0 Å². The van der Waals surface area contributed by atoms with Crippen molar-refractivity contribution in [2.45, 2.75) is 0 Å². The Labute approximate surface area is 118 Å². The van der Waals surface area contributed by atoms with Crippen LogP contribution in [-0.2, 0) is 0 Å². The van der Waals surface area contributed by atoms with Crippen LogP contribution in [0.2, 0.25) is 0 Å². The number of hydrogen-bond donors (Lipinski definition) is 1. The molecule has 2 aromatic rings. The summed E-state index contributed by atoms with van der Waals surface area (Å²) in [4.78, 5) is 4.28. The highest BCUT2D eigenvalue weighted by atomic mass is 16.5. The smallest absolute Gasteiger partial charge is 0.145 e. The van der Waals surface area contributed by atoms with E-state index in [2.05, 4.69) is 10.3 Å². The summed E-state index contributed by atoms with van der Waals surface area (Å²) in [6.45, 7) is 2.23. The van der Waals surface area contributed by atoms with Crippen LogP contribution in [0.3, 0.4) is 0 Å². The fourth-order valence-corrected chi connectivity index (χ4v) is 1.92. The van der Waals surface area contributed by atoms with Crippen molar-refractivity contribution < 1.29 is 9.47 Å². The molecule has 0 amide bonds. The molecule has 102 valence electrons. The van der Waals surface area contributed by atoms with Crippen molar-refractivity contribution in [3.05, 3.63) is 54.6 Å². The van der Waals surface area contributed by atoms with Gasteiger partial charge in [-0.25, -0.2) is 0 Å². The molecule has 3 rings (SSSR count). The largest absolute Gasteiger partial charge is 0.486 e. The number of aliphatic imine (C=N–C) groups is 1. The molecule has 1 aliphatic rings. The van der Waals surface area contributed by atoms with Crippen LogP contribution in [-0.4, -0.2) is 25.5 Å². The number of para-hydroxylation sites is 1. The lowest BCUT2D eigenvalue weighted by atomic mass is 10.3. The first-order valence-electron chi connectivity index (χ1n) is 6.63. The number of nitrogens with one attached hydrogen (secondary N) is 1. The summed E-state index contributed by atoms with van der Waals surface area (Å²) in [5, 5.41) is 3.17. The zero-order valence-electron chi connectivity index (χ0n) is 11.1. The molecule has 0 bridgehead atoms. The molecule has 0 atom stereocenters. The summed E-state index contributed by atoms with van der Waals surface area (Å²) < 4.78 is 11.4. The van der Waals surface area contributed by atoms with Gasteiger partial charge in [0.05, 0.1) is 6.54 Å². The Balaban J connectivity index is 1.57. The molecule has 0 saturated carbocycles. The van der Waals surface area contributed by atoms with Crippen LogP contribution in [0.15, 0.2) is 59.6 Å². The van der Waals surface area contributed by atoms with Gasteiger partial charge in [-0.3, -0.25) is 4.99 Å². The molecule has 0 saturated heterocycles. The molecule has 1 N–H and O–H groups in total. The van der Waals surface area contributed by atoms with E-state index < -0.39 is 0 Å². The third-order valence-corrected chi connectivity index (χ3v) is 2.92. The van der Waals surface area contributed by atoms with Gasteiger partial charge in [0.25, 0.3) is 0 Å². The second-order valence-corrected chi connectivity index (χ2v) is 4.43. The van der Waals surface area contributed by atoms with E-state index in [-0.39, 0.29) is 0 Å². The van der Waals surface area contributed by atoms with Crippen LogP contribution < -0.4 is 14.8 Å². The highest BCUT2D eigenvalue weighted by molar-refractivity contribution is 5.84. The minimum absolute atomic E-state index is 0.485. The van der Waals surface area contributed by atoms with Gasteiger partial charge in [-0.2, -0.15) is 0 Å². The quantitative estimate of drug-likeness (QED) is 0.906. The molecule has 0 aromatic heterocycles. The van der Waals surface area contributed by atoms with Gasteiger partial charge in [0.15, 0.2) is 0 Å². The van der Waals surface area contributed by atoms with Crippen molar-refractivity contribution in [2.24, 2.45) is 4.99 Å². The van der Waals surface area contributed by atoms with Crippen molar-refractivity contribution in [1.82, 2.24) is 5.32 Å². The molecule has 4 nitrogen and oxygen atoms in total. The molecule has 0 unspecified atom stereocenters. The third-order valence-electron chi connectivity index (χ3n) is 2.92. The Morgan fingerprint density at radius 3 is 2.30 bits per heavy atom. The summed E-state index contributed by atoms with van der Waals surface area (Å²) in [6.07, 6.45) is 0. The number of amidine groups is 1. The maximum absolute atomic E-state index is 5.72. The maximum atomic E-state index is 5.72. The lowest BCUT2D eigenvalue weighted by molar-refractivity contribution is 0.372. The molecule has 20 heavy (non-hydrogen) atoms. The second kappa shape index (κ2) is 6.10. The first-order chi connectivity index (χ1) is 9.90. The van der Waals surface area contributed by atoms with Crippen molar-refractivity contribution in [1.29, 1.82) is 0 Å². The van der Waals surface area contributed by atoms with E-state index in [9.17, 15) is 0 Å². The van der Waals surface area contributed by atoms with Gasteiger partial charge >= 0.3 is 0 Å². The molecule has 2 aromatic carbocycles. The predicted octanol–water partition coefficient (Wildman–Crippen LogP) is 2.86. The minimum Gasteiger partial charge on any atom is -0.486 e. The van der Waals surface area contributed by atoms with Gasteiger partial charge in [-0.15, -0.1) is 0 Å². The average molecular weight is 268 g/mol. The Bertz CT molecular complexity index is 579. The molecule has 1 heterocycles. The van der Waals surface area contributed by atoms with E-state index in [0.29, 0.717) is 6.61 Å². The van der Waals surface area contributed by atoms with Crippen LogP contribution in [0.5, 0.6) is 17.2 Å². The van der Waals surface area contributed by atoms with Crippen LogP contribution in [0, 0.1) is 0 Å². The Morgan fingerprint density at radius 1 is 0.900 bits per heavy atom. The minimum atomic E-state index is 0.485. The van der Waals surface area contributed by atoms with Crippen molar-refractivity contribution in [2.75, 3.05) is 19.7 Å². The van der Waals surface area contributed by atoms with Gasteiger partial charge < -0.3 is 14.8 Å². The second-order valence-electron chi connectivity index (χ2n) is 4.43. The van der Waals surface area contributed by atoms with Crippen LogP contribution in [0.1, 0.15) is 0 Å². The molecule has 0 spiro atoms. The van der Waals surface area contributed by atoms with E-state index >= 15 is 0 Å². The van der Waals surface area contributed by atoms with Crippen LogP contribution >= 0.6 is 0 Å². The lowest BCUT2D eigenvalue weighted by Crippen LogP contribution is -2.24. The molecule has 0 aliphatic carbocycles. The predicted molar refractivity (Wildman–Crippen MR) is 78.8 cm³/mol. The summed E-state index contributed by atoms with van der Waals surface area (Å²) >= 11 is 0. The van der Waals surface area contributed by atoms with E-state index in [1.54, 1.807) is 0 Å². The lowest BCUT2D eigenvalue weighted by Gasteiger charge is -2.08. The number of rotatable bonds is 5. The molecule has 1 aliphatic heterocycles. The fraction of sp³-hybridized carbons (Fsp3) is 0.188. The normalized spacial score (nSPS) is 13.5. The highest BCUT2D eigenvalue weighted by Gasteiger charge is 2.05. The number of benzene rings is 2. The first kappa shape index (κ1) is 12.5. The van der Waals surface area contributed by atoms with Gasteiger partial charge in [0.2, 0.25) is 0 Å². The van der Waals surface area contributed by atoms with Crippen LogP contribution in [0.25, 0.3) is 0 Å². The molecule has 4 heteroatoms. The number of ether oxygens (including phenoxy) is 2. The standard InChI is InChI=1S/C16H16N2O2/c1-2-4-14(5-3-1)20-15-8-6-13(7-9-15)19-12-16-17-10-11-18-16/h1-9H,10-12H2,(H,17,18). The maximum Gasteiger partial charge on any atom is 0.145 e. The summed E-state index contributed by atoms with van der Waals surface area (Å²) in [5.74, 6) is 3.34. The number of nitrogens with zero attached hydrogens (tertiary/aromatic N) is 1. The average Bonchev–Trinajstić information content (AvgIpc) is 3.01. The zero-order valence-corrected chi connectivity index (χ0v) is 11.1. The van der Waals surface area contributed by atoms with E-state index in [1.165, 1.54) is 0 Å². The third kappa shape index (κ3) is 3.29. The Kier molecular flexibility index (Phi) is 3.83. The molecule has 0 fully saturated rings. The Morgan fingerprint density at radius 2 is 1.60 bits per heavy atom. The SMILES string of the molecule is c1ccc(Oc2ccc(OCC3=NCCN3)cc2)cc1. The van der Waals surface area contributed by atoms with Gasteiger partial charge in [0, 0.05) is 6.54 Å².